The number of rotatable bonds is 1. The summed E-state index contributed by atoms with van der Waals surface area (Å²) in [5, 5.41) is 12.6. The first kappa shape index (κ1) is 14.1. The Kier molecular flexibility index (Phi) is 4.20. The highest BCUT2D eigenvalue weighted by atomic mass is 16.5. The van der Waals surface area contributed by atoms with Gasteiger partial charge in [-0.2, -0.15) is 0 Å². The second-order valence-corrected chi connectivity index (χ2v) is 5.54. The van der Waals surface area contributed by atoms with E-state index in [9.17, 15) is 10.0 Å². The van der Waals surface area contributed by atoms with Crippen LogP contribution in [-0.4, -0.2) is 36.6 Å². The summed E-state index contributed by atoms with van der Waals surface area (Å²) in [6.45, 7) is 2.00. The lowest BCUT2D eigenvalue weighted by Gasteiger charge is -2.29. The second-order valence-electron chi connectivity index (χ2n) is 5.54. The maximum absolute atomic E-state index is 12.8. The molecule has 21 heavy (non-hydrogen) atoms. The zero-order valence-electron chi connectivity index (χ0n) is 12.0. The predicted molar refractivity (Wildman–Crippen MR) is 79.9 cm³/mol. The van der Waals surface area contributed by atoms with Crippen molar-refractivity contribution in [3.8, 4) is 0 Å². The first-order valence-corrected chi connectivity index (χ1v) is 7.50. The van der Waals surface area contributed by atoms with Crippen molar-refractivity contribution in [2.75, 3.05) is 24.7 Å². The van der Waals surface area contributed by atoms with Crippen LogP contribution < -0.4 is 4.90 Å². The Morgan fingerprint density at radius 2 is 2.05 bits per heavy atom. The van der Waals surface area contributed by atoms with E-state index in [0.29, 0.717) is 31.9 Å². The van der Waals surface area contributed by atoms with E-state index >= 15 is 0 Å². The summed E-state index contributed by atoms with van der Waals surface area (Å²) in [6, 6.07) is 7.68. The Hall–Kier alpha value is -1.88. The largest absolute Gasteiger partial charge is 0.411 e. The number of hydrogen-bond acceptors (Lipinski definition) is 4. The fourth-order valence-corrected chi connectivity index (χ4v) is 3.11. The Labute approximate surface area is 124 Å². The Bertz CT molecular complexity index is 550. The predicted octanol–water partition coefficient (Wildman–Crippen LogP) is 2.42. The number of oxime groups is 1. The normalized spacial score (nSPS) is 21.9. The number of amides is 1. The van der Waals surface area contributed by atoms with Crippen LogP contribution in [0.3, 0.4) is 0 Å². The van der Waals surface area contributed by atoms with Gasteiger partial charge in [0.25, 0.3) is 0 Å². The van der Waals surface area contributed by atoms with E-state index in [0.717, 1.165) is 30.5 Å². The number of hydrogen-bond donors (Lipinski definition) is 1. The van der Waals surface area contributed by atoms with E-state index < -0.39 is 0 Å². The van der Waals surface area contributed by atoms with Gasteiger partial charge in [0.05, 0.1) is 11.4 Å². The van der Waals surface area contributed by atoms with Crippen molar-refractivity contribution in [1.82, 2.24) is 0 Å². The maximum Gasteiger partial charge on any atom is 0.230 e. The van der Waals surface area contributed by atoms with Crippen LogP contribution in [0, 0.1) is 5.92 Å². The van der Waals surface area contributed by atoms with Crippen LogP contribution >= 0.6 is 0 Å². The molecule has 1 amide bonds. The molecule has 0 aromatic heterocycles. The van der Waals surface area contributed by atoms with E-state index in [-0.39, 0.29) is 11.8 Å². The monoisotopic (exact) mass is 288 g/mol. The standard InChI is InChI=1S/C16H20N2O3/c19-16(12-7-10-21-11-8-12)18-9-3-5-14(17-20)13-4-1-2-6-15(13)18/h1-2,4,6,12,20H,3,5,7-11H2/b17-14-. The van der Waals surface area contributed by atoms with Gasteiger partial charge in [-0.3, -0.25) is 4.79 Å². The summed E-state index contributed by atoms with van der Waals surface area (Å²) in [6.07, 6.45) is 3.07. The van der Waals surface area contributed by atoms with Gasteiger partial charge in [-0.25, -0.2) is 0 Å². The van der Waals surface area contributed by atoms with Crippen molar-refractivity contribution >= 4 is 17.3 Å². The smallest absolute Gasteiger partial charge is 0.230 e. The molecule has 0 spiro atoms. The average Bonchev–Trinajstić information content (AvgIpc) is 2.74. The number of para-hydroxylation sites is 1. The van der Waals surface area contributed by atoms with Gasteiger partial charge in [0, 0.05) is 31.2 Å². The molecule has 1 aromatic carbocycles. The van der Waals surface area contributed by atoms with Crippen LogP contribution in [0.2, 0.25) is 0 Å². The topological polar surface area (TPSA) is 62.1 Å². The average molecular weight is 288 g/mol. The van der Waals surface area contributed by atoms with Crippen LogP contribution in [-0.2, 0) is 9.53 Å². The lowest BCUT2D eigenvalue weighted by atomic mass is 9.98. The molecule has 1 fully saturated rings. The Morgan fingerprint density at radius 1 is 1.29 bits per heavy atom. The number of carbonyl (C=O) groups is 1. The molecule has 2 heterocycles. The molecule has 1 N–H and O–H groups in total. The molecule has 1 saturated heterocycles. The molecule has 1 aromatic rings. The summed E-state index contributed by atoms with van der Waals surface area (Å²) < 4.78 is 5.34. The van der Waals surface area contributed by atoms with Crippen molar-refractivity contribution < 1.29 is 14.7 Å². The third kappa shape index (κ3) is 2.78. The van der Waals surface area contributed by atoms with Crippen molar-refractivity contribution in [2.24, 2.45) is 11.1 Å². The van der Waals surface area contributed by atoms with Crippen LogP contribution in [0.15, 0.2) is 29.4 Å². The number of ether oxygens (including phenoxy) is 1. The van der Waals surface area contributed by atoms with Crippen LogP contribution in [0.1, 0.15) is 31.2 Å². The number of fused-ring (bicyclic) bond motifs is 1. The van der Waals surface area contributed by atoms with Crippen LogP contribution in [0.25, 0.3) is 0 Å². The molecule has 0 radical (unpaired) electrons. The van der Waals surface area contributed by atoms with Crippen molar-refractivity contribution in [2.45, 2.75) is 25.7 Å². The van der Waals surface area contributed by atoms with Crippen molar-refractivity contribution in [3.63, 3.8) is 0 Å². The van der Waals surface area contributed by atoms with Gasteiger partial charge in [-0.15, -0.1) is 0 Å². The third-order valence-electron chi connectivity index (χ3n) is 4.26. The molecule has 0 bridgehead atoms. The summed E-state index contributed by atoms with van der Waals surface area (Å²) in [7, 11) is 0. The van der Waals surface area contributed by atoms with Crippen LogP contribution in [0.5, 0.6) is 0 Å². The molecular weight excluding hydrogens is 268 g/mol. The van der Waals surface area contributed by atoms with Gasteiger partial charge in [-0.1, -0.05) is 23.4 Å². The van der Waals surface area contributed by atoms with Gasteiger partial charge >= 0.3 is 0 Å². The number of nitrogens with zero attached hydrogens (tertiary/aromatic N) is 2. The molecule has 5 nitrogen and oxygen atoms in total. The summed E-state index contributed by atoms with van der Waals surface area (Å²) >= 11 is 0. The van der Waals surface area contributed by atoms with E-state index in [2.05, 4.69) is 5.16 Å². The fourth-order valence-electron chi connectivity index (χ4n) is 3.11. The first-order valence-electron chi connectivity index (χ1n) is 7.50. The second kappa shape index (κ2) is 6.26. The first-order chi connectivity index (χ1) is 10.3. The fraction of sp³-hybridized carbons (Fsp3) is 0.500. The minimum Gasteiger partial charge on any atom is -0.411 e. The molecule has 3 rings (SSSR count). The zero-order chi connectivity index (χ0) is 14.7. The highest BCUT2D eigenvalue weighted by Crippen LogP contribution is 2.29. The lowest BCUT2D eigenvalue weighted by molar-refractivity contribution is -0.125. The van der Waals surface area contributed by atoms with E-state index in [1.54, 1.807) is 0 Å². The van der Waals surface area contributed by atoms with Gasteiger partial charge in [0.1, 0.15) is 0 Å². The summed E-state index contributed by atoms with van der Waals surface area (Å²) in [5.74, 6) is 0.212. The van der Waals surface area contributed by atoms with Gasteiger partial charge in [0.2, 0.25) is 5.91 Å². The summed E-state index contributed by atoms with van der Waals surface area (Å²) in [5.41, 5.74) is 2.38. The highest BCUT2D eigenvalue weighted by Gasteiger charge is 2.30. The van der Waals surface area contributed by atoms with Crippen LogP contribution in [0.4, 0.5) is 5.69 Å². The number of anilines is 1. The lowest BCUT2D eigenvalue weighted by Crippen LogP contribution is -2.39. The Balaban J connectivity index is 1.92. The maximum atomic E-state index is 12.8. The molecule has 0 aliphatic carbocycles. The minimum absolute atomic E-state index is 0.0411. The number of carbonyl (C=O) groups excluding carboxylic acids is 1. The third-order valence-corrected chi connectivity index (χ3v) is 4.26. The zero-order valence-corrected chi connectivity index (χ0v) is 12.0. The SMILES string of the molecule is O=C(C1CCOCC1)N1CCC/C(=N/O)c2ccccc21. The molecular formula is C16H20N2O3. The summed E-state index contributed by atoms with van der Waals surface area (Å²) in [4.78, 5) is 14.7. The molecule has 5 heteroatoms. The van der Waals surface area contributed by atoms with E-state index in [1.165, 1.54) is 0 Å². The van der Waals surface area contributed by atoms with Crippen molar-refractivity contribution in [3.05, 3.63) is 29.8 Å². The Morgan fingerprint density at radius 3 is 2.81 bits per heavy atom. The van der Waals surface area contributed by atoms with Gasteiger partial charge in [-0.05, 0) is 31.7 Å². The van der Waals surface area contributed by atoms with Crippen molar-refractivity contribution in [1.29, 1.82) is 0 Å². The molecule has 112 valence electrons. The van der Waals surface area contributed by atoms with Gasteiger partial charge < -0.3 is 14.8 Å². The number of benzene rings is 1. The minimum atomic E-state index is 0.0411. The molecule has 2 aliphatic rings. The van der Waals surface area contributed by atoms with E-state index in [1.807, 2.05) is 29.2 Å². The molecule has 0 saturated carbocycles. The molecule has 0 unspecified atom stereocenters. The quantitative estimate of drug-likeness (QED) is 0.637. The molecule has 2 aliphatic heterocycles. The molecule has 0 atom stereocenters. The van der Waals surface area contributed by atoms with E-state index in [4.69, 9.17) is 4.74 Å². The highest BCUT2D eigenvalue weighted by molar-refractivity contribution is 6.09. The van der Waals surface area contributed by atoms with Gasteiger partial charge in [0.15, 0.2) is 0 Å².